The predicted octanol–water partition coefficient (Wildman–Crippen LogP) is 3.51. The van der Waals surface area contributed by atoms with Crippen LogP contribution in [0.25, 0.3) is 0 Å². The predicted molar refractivity (Wildman–Crippen MR) is 105 cm³/mol. The summed E-state index contributed by atoms with van der Waals surface area (Å²) >= 11 is 6.57. The van der Waals surface area contributed by atoms with Crippen molar-refractivity contribution in [1.82, 2.24) is 0 Å². The van der Waals surface area contributed by atoms with Crippen LogP contribution in [0.3, 0.4) is 0 Å². The number of hydrogen-bond acceptors (Lipinski definition) is 0. The molecule has 23 heavy (non-hydrogen) atoms. The summed E-state index contributed by atoms with van der Waals surface area (Å²) in [6.45, 7) is 6.50. The van der Waals surface area contributed by atoms with E-state index in [1.165, 1.54) is 32.3 Å². The molecular weight excluding hydrogens is 316 g/mol. The molecule has 0 fully saturated rings. The Labute approximate surface area is 145 Å². The largest absolute Gasteiger partial charge is 0.134 e. The van der Waals surface area contributed by atoms with Crippen molar-refractivity contribution in [3.05, 3.63) is 88.4 Å². The zero-order chi connectivity index (χ0) is 16.4. The Morgan fingerprint density at radius 3 is 1.96 bits per heavy atom. The molecule has 3 aromatic carbocycles. The zero-order valence-electron chi connectivity index (χ0n) is 13.8. The molecule has 116 valence electrons. The second-order valence-electron chi connectivity index (χ2n) is 6.29. The van der Waals surface area contributed by atoms with Gasteiger partial charge >= 0.3 is 0 Å². The van der Waals surface area contributed by atoms with Crippen molar-refractivity contribution in [1.29, 1.82) is 0 Å². The summed E-state index contributed by atoms with van der Waals surface area (Å²) in [4.78, 5) is 0. The first-order chi connectivity index (χ1) is 11.0. The second kappa shape index (κ2) is 6.73. The van der Waals surface area contributed by atoms with Crippen LogP contribution < -0.4 is 15.6 Å². The highest BCUT2D eigenvalue weighted by molar-refractivity contribution is 6.96. The van der Waals surface area contributed by atoms with Crippen LogP contribution in [0.4, 0.5) is 0 Å². The van der Waals surface area contributed by atoms with Gasteiger partial charge in [-0.2, -0.15) is 0 Å². The summed E-state index contributed by atoms with van der Waals surface area (Å²) in [5.74, 6) is 0. The quantitative estimate of drug-likeness (QED) is 0.507. The zero-order valence-corrected chi connectivity index (χ0v) is 15.7. The highest BCUT2D eigenvalue weighted by Gasteiger charge is 2.21. The van der Waals surface area contributed by atoms with Crippen LogP contribution in [0.15, 0.2) is 66.7 Å². The molecular formula is C21H21ClSi. The summed E-state index contributed by atoms with van der Waals surface area (Å²) in [6, 6.07) is 24.1. The van der Waals surface area contributed by atoms with Crippen molar-refractivity contribution in [3.8, 4) is 0 Å². The van der Waals surface area contributed by atoms with Gasteiger partial charge in [-0.05, 0) is 32.0 Å². The average molecular weight is 337 g/mol. The maximum absolute atomic E-state index is 6.57. The third-order valence-electron chi connectivity index (χ3n) is 4.17. The van der Waals surface area contributed by atoms with Gasteiger partial charge in [-0.1, -0.05) is 99.3 Å². The molecule has 0 N–H and O–H groups in total. The first-order valence-corrected chi connectivity index (χ1v) is 10.0. The molecule has 0 aliphatic carbocycles. The topological polar surface area (TPSA) is 0 Å². The Morgan fingerprint density at radius 1 is 0.652 bits per heavy atom. The van der Waals surface area contributed by atoms with Crippen LogP contribution in [-0.2, 0) is 0 Å². The first-order valence-electron chi connectivity index (χ1n) is 7.94. The highest BCUT2D eigenvalue weighted by atomic mass is 35.5. The monoisotopic (exact) mass is 336 g/mol. The SMILES string of the molecule is Cc1cccc([SiH](c2cc(C)cc(C)c2)c2ccccc2Cl)c1. The van der Waals surface area contributed by atoms with Crippen LogP contribution in [0.2, 0.25) is 5.02 Å². The van der Waals surface area contributed by atoms with Crippen molar-refractivity contribution in [2.24, 2.45) is 0 Å². The number of aryl methyl sites for hydroxylation is 3. The summed E-state index contributed by atoms with van der Waals surface area (Å²) in [5.41, 5.74) is 3.94. The molecule has 1 unspecified atom stereocenters. The van der Waals surface area contributed by atoms with Crippen LogP contribution in [-0.4, -0.2) is 8.80 Å². The molecule has 3 rings (SSSR count). The molecule has 0 radical (unpaired) electrons. The maximum Gasteiger partial charge on any atom is 0.134 e. The average Bonchev–Trinajstić information content (AvgIpc) is 2.49. The lowest BCUT2D eigenvalue weighted by atomic mass is 10.2. The van der Waals surface area contributed by atoms with E-state index in [-0.39, 0.29) is 0 Å². The number of rotatable bonds is 3. The fourth-order valence-electron chi connectivity index (χ4n) is 3.29. The van der Waals surface area contributed by atoms with Crippen LogP contribution in [0, 0.1) is 20.8 Å². The number of benzene rings is 3. The Balaban J connectivity index is 2.24. The standard InChI is InChI=1S/C21H21ClSi/c1-15-7-6-8-18(12-15)23(21-10-5-4-9-20(21)22)19-13-16(2)11-17(3)14-19/h4-14,23H,1-3H3. The molecule has 3 aromatic rings. The van der Waals surface area contributed by atoms with Crippen molar-refractivity contribution in [2.45, 2.75) is 20.8 Å². The van der Waals surface area contributed by atoms with E-state index in [0.717, 1.165) is 5.02 Å². The highest BCUT2D eigenvalue weighted by Crippen LogP contribution is 2.09. The minimum atomic E-state index is -1.56. The minimum Gasteiger partial charge on any atom is -0.0845 e. The maximum atomic E-state index is 6.57. The van der Waals surface area contributed by atoms with Gasteiger partial charge in [0, 0.05) is 5.02 Å². The smallest absolute Gasteiger partial charge is 0.0845 e. The second-order valence-corrected chi connectivity index (χ2v) is 9.52. The van der Waals surface area contributed by atoms with Crippen molar-refractivity contribution in [2.75, 3.05) is 0 Å². The fraction of sp³-hybridized carbons (Fsp3) is 0.143. The molecule has 0 spiro atoms. The van der Waals surface area contributed by atoms with Gasteiger partial charge in [0.1, 0.15) is 8.80 Å². The van der Waals surface area contributed by atoms with Crippen molar-refractivity contribution in [3.63, 3.8) is 0 Å². The van der Waals surface area contributed by atoms with Crippen LogP contribution in [0.5, 0.6) is 0 Å². The molecule has 0 aromatic heterocycles. The molecule has 0 heterocycles. The minimum absolute atomic E-state index is 0.879. The fourth-order valence-corrected chi connectivity index (χ4v) is 7.12. The molecule has 2 heteroatoms. The summed E-state index contributed by atoms with van der Waals surface area (Å²) in [5, 5.41) is 5.03. The van der Waals surface area contributed by atoms with E-state index >= 15 is 0 Å². The van der Waals surface area contributed by atoms with E-state index in [1.807, 2.05) is 12.1 Å². The number of halogens is 1. The van der Waals surface area contributed by atoms with Gasteiger partial charge in [0.05, 0.1) is 0 Å². The molecule has 0 saturated heterocycles. The lowest BCUT2D eigenvalue weighted by molar-refractivity contribution is 1.40. The summed E-state index contributed by atoms with van der Waals surface area (Å²) in [6.07, 6.45) is 0. The number of hydrogen-bond donors (Lipinski definition) is 0. The summed E-state index contributed by atoms with van der Waals surface area (Å²) in [7, 11) is -1.56. The first kappa shape index (κ1) is 16.0. The molecule has 0 bridgehead atoms. The molecule has 1 atom stereocenters. The van der Waals surface area contributed by atoms with E-state index in [2.05, 4.69) is 75.4 Å². The Morgan fingerprint density at radius 2 is 1.30 bits per heavy atom. The van der Waals surface area contributed by atoms with Crippen LogP contribution in [0.1, 0.15) is 16.7 Å². The molecule has 0 aliphatic rings. The Kier molecular flexibility index (Phi) is 4.70. The van der Waals surface area contributed by atoms with Gasteiger partial charge in [-0.25, -0.2) is 0 Å². The molecule has 0 aliphatic heterocycles. The third kappa shape index (κ3) is 3.57. The Hall–Kier alpha value is -1.83. The van der Waals surface area contributed by atoms with E-state index in [0.29, 0.717) is 0 Å². The lowest BCUT2D eigenvalue weighted by Crippen LogP contribution is -2.52. The van der Waals surface area contributed by atoms with Gasteiger partial charge in [-0.3, -0.25) is 0 Å². The van der Waals surface area contributed by atoms with Crippen molar-refractivity contribution >= 4 is 36.0 Å². The third-order valence-corrected chi connectivity index (χ3v) is 7.85. The molecule has 0 nitrogen and oxygen atoms in total. The van der Waals surface area contributed by atoms with Crippen molar-refractivity contribution < 1.29 is 0 Å². The van der Waals surface area contributed by atoms with E-state index in [4.69, 9.17) is 11.6 Å². The van der Waals surface area contributed by atoms with E-state index in [1.54, 1.807) is 0 Å². The van der Waals surface area contributed by atoms with Gasteiger partial charge in [0.25, 0.3) is 0 Å². The van der Waals surface area contributed by atoms with E-state index in [9.17, 15) is 0 Å². The normalized spacial score (nSPS) is 12.2. The van der Waals surface area contributed by atoms with Gasteiger partial charge in [-0.15, -0.1) is 0 Å². The molecule has 0 amide bonds. The molecule has 0 saturated carbocycles. The van der Waals surface area contributed by atoms with Gasteiger partial charge < -0.3 is 0 Å². The lowest BCUT2D eigenvalue weighted by Gasteiger charge is -2.20. The van der Waals surface area contributed by atoms with Crippen LogP contribution >= 0.6 is 11.6 Å². The Bertz CT molecular complexity index is 819. The van der Waals surface area contributed by atoms with Gasteiger partial charge in [0.2, 0.25) is 0 Å². The van der Waals surface area contributed by atoms with E-state index < -0.39 is 8.80 Å². The summed E-state index contributed by atoms with van der Waals surface area (Å²) < 4.78 is 0. The van der Waals surface area contributed by atoms with Gasteiger partial charge in [0.15, 0.2) is 0 Å².